The van der Waals surface area contributed by atoms with Crippen molar-refractivity contribution in [3.63, 3.8) is 0 Å². The summed E-state index contributed by atoms with van der Waals surface area (Å²) >= 11 is 0. The summed E-state index contributed by atoms with van der Waals surface area (Å²) in [6.45, 7) is 0. The third-order valence-corrected chi connectivity index (χ3v) is 2.57. The highest BCUT2D eigenvalue weighted by Crippen LogP contribution is 2.35. The maximum Gasteiger partial charge on any atom is 0.0959 e. The zero-order valence-corrected chi connectivity index (χ0v) is 7.69. The molecule has 0 amide bonds. The standard InChI is InChI=1S/C11H15NO/c13-11(7-6-9-4-5-9)10-3-1-2-8-12-10/h1-3,8-9,11,13H,4-7H2. The van der Waals surface area contributed by atoms with Crippen LogP contribution in [0.4, 0.5) is 0 Å². The summed E-state index contributed by atoms with van der Waals surface area (Å²) < 4.78 is 0. The fourth-order valence-electron chi connectivity index (χ4n) is 1.52. The highest BCUT2D eigenvalue weighted by atomic mass is 16.3. The molecule has 70 valence electrons. The SMILES string of the molecule is OC(CCC1CC1)c1ccccn1. The second-order valence-electron chi connectivity index (χ2n) is 3.79. The van der Waals surface area contributed by atoms with Gasteiger partial charge in [0.2, 0.25) is 0 Å². The average molecular weight is 177 g/mol. The van der Waals surface area contributed by atoms with Gasteiger partial charge in [0.1, 0.15) is 0 Å². The van der Waals surface area contributed by atoms with Crippen LogP contribution < -0.4 is 0 Å². The number of hydrogen-bond donors (Lipinski definition) is 1. The minimum atomic E-state index is -0.359. The molecule has 1 heterocycles. The minimum absolute atomic E-state index is 0.359. The Kier molecular flexibility index (Phi) is 2.60. The van der Waals surface area contributed by atoms with Crippen LogP contribution in [0.1, 0.15) is 37.5 Å². The number of hydrogen-bond acceptors (Lipinski definition) is 2. The van der Waals surface area contributed by atoms with Crippen molar-refractivity contribution in [1.82, 2.24) is 4.98 Å². The Morgan fingerprint density at radius 3 is 2.92 bits per heavy atom. The molecule has 0 bridgehead atoms. The van der Waals surface area contributed by atoms with E-state index in [1.807, 2.05) is 18.2 Å². The molecule has 0 spiro atoms. The molecule has 1 aliphatic carbocycles. The summed E-state index contributed by atoms with van der Waals surface area (Å²) in [5.41, 5.74) is 0.808. The van der Waals surface area contributed by atoms with E-state index in [4.69, 9.17) is 0 Å². The summed E-state index contributed by atoms with van der Waals surface area (Å²) in [4.78, 5) is 4.13. The summed E-state index contributed by atoms with van der Waals surface area (Å²) in [5, 5.41) is 9.73. The first-order valence-corrected chi connectivity index (χ1v) is 4.95. The molecule has 2 rings (SSSR count). The molecule has 0 radical (unpaired) electrons. The van der Waals surface area contributed by atoms with Crippen LogP contribution >= 0.6 is 0 Å². The molecule has 0 aromatic carbocycles. The van der Waals surface area contributed by atoms with E-state index in [9.17, 15) is 5.11 Å². The Morgan fingerprint density at radius 2 is 2.31 bits per heavy atom. The van der Waals surface area contributed by atoms with E-state index in [0.29, 0.717) is 0 Å². The Bertz CT molecular complexity index is 256. The van der Waals surface area contributed by atoms with Crippen molar-refractivity contribution in [2.24, 2.45) is 5.92 Å². The lowest BCUT2D eigenvalue weighted by molar-refractivity contribution is 0.157. The quantitative estimate of drug-likeness (QED) is 0.765. The number of nitrogens with zero attached hydrogens (tertiary/aromatic N) is 1. The molecule has 1 fully saturated rings. The van der Waals surface area contributed by atoms with Crippen molar-refractivity contribution in [2.45, 2.75) is 31.8 Å². The number of pyridine rings is 1. The number of aromatic nitrogens is 1. The highest BCUT2D eigenvalue weighted by molar-refractivity contribution is 5.06. The first-order chi connectivity index (χ1) is 6.36. The van der Waals surface area contributed by atoms with E-state index in [-0.39, 0.29) is 6.10 Å². The first kappa shape index (κ1) is 8.70. The van der Waals surface area contributed by atoms with E-state index >= 15 is 0 Å². The average Bonchev–Trinajstić information content (AvgIpc) is 2.99. The van der Waals surface area contributed by atoms with Crippen LogP contribution in [0.3, 0.4) is 0 Å². The summed E-state index contributed by atoms with van der Waals surface area (Å²) in [6, 6.07) is 5.68. The van der Waals surface area contributed by atoms with Gasteiger partial charge in [-0.1, -0.05) is 18.9 Å². The van der Waals surface area contributed by atoms with Gasteiger partial charge in [-0.05, 0) is 30.9 Å². The molecule has 1 aromatic heterocycles. The fraction of sp³-hybridized carbons (Fsp3) is 0.545. The van der Waals surface area contributed by atoms with Crippen molar-refractivity contribution in [1.29, 1.82) is 0 Å². The van der Waals surface area contributed by atoms with Crippen LogP contribution in [0.5, 0.6) is 0 Å². The van der Waals surface area contributed by atoms with Gasteiger partial charge < -0.3 is 5.11 Å². The summed E-state index contributed by atoms with van der Waals surface area (Å²) in [6.07, 6.45) is 6.10. The van der Waals surface area contributed by atoms with Crippen molar-refractivity contribution in [3.8, 4) is 0 Å². The third kappa shape index (κ3) is 2.52. The van der Waals surface area contributed by atoms with Crippen LogP contribution in [0.15, 0.2) is 24.4 Å². The molecule has 1 aliphatic rings. The van der Waals surface area contributed by atoms with Gasteiger partial charge in [0.25, 0.3) is 0 Å². The molecule has 1 aromatic rings. The van der Waals surface area contributed by atoms with Crippen LogP contribution in [0.2, 0.25) is 0 Å². The number of aliphatic hydroxyl groups is 1. The van der Waals surface area contributed by atoms with E-state index in [1.54, 1.807) is 6.20 Å². The minimum Gasteiger partial charge on any atom is -0.387 e. The largest absolute Gasteiger partial charge is 0.387 e. The second kappa shape index (κ2) is 3.88. The highest BCUT2D eigenvalue weighted by Gasteiger charge is 2.22. The molecule has 2 heteroatoms. The molecule has 1 saturated carbocycles. The molecule has 1 N–H and O–H groups in total. The van der Waals surface area contributed by atoms with Gasteiger partial charge in [0, 0.05) is 6.20 Å². The van der Waals surface area contributed by atoms with Crippen molar-refractivity contribution >= 4 is 0 Å². The molecule has 0 aliphatic heterocycles. The molecule has 2 nitrogen and oxygen atoms in total. The van der Waals surface area contributed by atoms with Crippen molar-refractivity contribution in [3.05, 3.63) is 30.1 Å². The van der Waals surface area contributed by atoms with E-state index in [0.717, 1.165) is 24.5 Å². The van der Waals surface area contributed by atoms with Crippen LogP contribution in [0, 0.1) is 5.92 Å². The van der Waals surface area contributed by atoms with E-state index in [2.05, 4.69) is 4.98 Å². The van der Waals surface area contributed by atoms with Gasteiger partial charge in [0.15, 0.2) is 0 Å². The maximum atomic E-state index is 9.73. The van der Waals surface area contributed by atoms with Crippen LogP contribution in [-0.4, -0.2) is 10.1 Å². The lowest BCUT2D eigenvalue weighted by Gasteiger charge is -2.08. The molecule has 13 heavy (non-hydrogen) atoms. The third-order valence-electron chi connectivity index (χ3n) is 2.57. The Morgan fingerprint density at radius 1 is 1.46 bits per heavy atom. The van der Waals surface area contributed by atoms with Gasteiger partial charge in [-0.3, -0.25) is 4.98 Å². The zero-order valence-electron chi connectivity index (χ0n) is 7.69. The Hall–Kier alpha value is -0.890. The smallest absolute Gasteiger partial charge is 0.0959 e. The van der Waals surface area contributed by atoms with Crippen LogP contribution in [-0.2, 0) is 0 Å². The van der Waals surface area contributed by atoms with Crippen LogP contribution in [0.25, 0.3) is 0 Å². The molecular formula is C11H15NO. The van der Waals surface area contributed by atoms with Gasteiger partial charge in [0.05, 0.1) is 11.8 Å². The topological polar surface area (TPSA) is 33.1 Å². The Balaban J connectivity index is 1.85. The summed E-state index contributed by atoms with van der Waals surface area (Å²) in [5.74, 6) is 0.887. The second-order valence-corrected chi connectivity index (χ2v) is 3.79. The van der Waals surface area contributed by atoms with Gasteiger partial charge in [-0.15, -0.1) is 0 Å². The molecular weight excluding hydrogens is 162 g/mol. The van der Waals surface area contributed by atoms with Crippen molar-refractivity contribution in [2.75, 3.05) is 0 Å². The number of aliphatic hydroxyl groups excluding tert-OH is 1. The Labute approximate surface area is 78.6 Å². The monoisotopic (exact) mass is 177 g/mol. The lowest BCUT2D eigenvalue weighted by Crippen LogP contribution is -1.99. The normalized spacial score (nSPS) is 18.5. The summed E-state index contributed by atoms with van der Waals surface area (Å²) in [7, 11) is 0. The zero-order chi connectivity index (χ0) is 9.10. The van der Waals surface area contributed by atoms with Gasteiger partial charge in [-0.25, -0.2) is 0 Å². The molecule has 1 atom stereocenters. The van der Waals surface area contributed by atoms with Crippen molar-refractivity contribution < 1.29 is 5.11 Å². The van der Waals surface area contributed by atoms with E-state index < -0.39 is 0 Å². The predicted octanol–water partition coefficient (Wildman–Crippen LogP) is 2.31. The van der Waals surface area contributed by atoms with Gasteiger partial charge in [-0.2, -0.15) is 0 Å². The predicted molar refractivity (Wildman–Crippen MR) is 51.2 cm³/mol. The number of rotatable bonds is 4. The fourth-order valence-corrected chi connectivity index (χ4v) is 1.52. The van der Waals surface area contributed by atoms with Gasteiger partial charge >= 0.3 is 0 Å². The first-order valence-electron chi connectivity index (χ1n) is 4.95. The molecule has 1 unspecified atom stereocenters. The lowest BCUT2D eigenvalue weighted by atomic mass is 10.1. The maximum absolute atomic E-state index is 9.73. The van der Waals surface area contributed by atoms with E-state index in [1.165, 1.54) is 12.8 Å². The molecule has 0 saturated heterocycles.